The van der Waals surface area contributed by atoms with E-state index in [2.05, 4.69) is 10.2 Å². The first-order chi connectivity index (χ1) is 13.7. The number of morpholine rings is 1. The third-order valence-corrected chi connectivity index (χ3v) is 5.08. The van der Waals surface area contributed by atoms with Crippen LogP contribution < -0.4 is 19.5 Å². The number of carbonyl (C=O) groups excluding carboxylic acids is 1. The first kappa shape index (κ1) is 18.6. The summed E-state index contributed by atoms with van der Waals surface area (Å²) in [6, 6.07) is 13.1. The summed E-state index contributed by atoms with van der Waals surface area (Å²) in [6.07, 6.45) is 0. The van der Waals surface area contributed by atoms with E-state index in [0.717, 1.165) is 35.9 Å². The largest absolute Gasteiger partial charge is 0.497 e. The van der Waals surface area contributed by atoms with E-state index in [1.54, 1.807) is 31.4 Å². The average Bonchev–Trinajstić information content (AvgIpc) is 3.22. The van der Waals surface area contributed by atoms with Gasteiger partial charge in [-0.05, 0) is 42.0 Å². The van der Waals surface area contributed by atoms with E-state index in [9.17, 15) is 4.79 Å². The standard InChI is InChI=1S/C21H24N2O5/c1-25-17-5-2-15(3-6-17)21(24)22-13-18(23-8-10-26-11-9-23)16-4-7-19-20(12-16)28-14-27-19/h2-7,12,18H,8-11,13-14H2,1H3,(H,22,24)/t18-/m0/s1. The van der Waals surface area contributed by atoms with Crippen molar-refractivity contribution in [2.45, 2.75) is 6.04 Å². The minimum absolute atomic E-state index is 0.0283. The maximum Gasteiger partial charge on any atom is 0.251 e. The van der Waals surface area contributed by atoms with Crippen LogP contribution in [0, 0.1) is 0 Å². The molecule has 0 saturated carbocycles. The second-order valence-corrected chi connectivity index (χ2v) is 6.72. The lowest BCUT2D eigenvalue weighted by Crippen LogP contribution is -2.43. The van der Waals surface area contributed by atoms with Gasteiger partial charge < -0.3 is 24.3 Å². The molecule has 2 aliphatic rings. The Hall–Kier alpha value is -2.77. The molecule has 1 amide bonds. The lowest BCUT2D eigenvalue weighted by molar-refractivity contribution is 0.0162. The van der Waals surface area contributed by atoms with E-state index in [4.69, 9.17) is 18.9 Å². The summed E-state index contributed by atoms with van der Waals surface area (Å²) in [5, 5.41) is 3.07. The molecule has 2 heterocycles. The Bertz CT molecular complexity index is 818. The van der Waals surface area contributed by atoms with Gasteiger partial charge in [0.2, 0.25) is 6.79 Å². The Kier molecular flexibility index (Phi) is 5.64. The molecule has 0 spiro atoms. The van der Waals surface area contributed by atoms with E-state index in [0.29, 0.717) is 25.3 Å². The van der Waals surface area contributed by atoms with E-state index in [1.807, 2.05) is 18.2 Å². The molecule has 0 aliphatic carbocycles. The third-order valence-electron chi connectivity index (χ3n) is 5.08. The van der Waals surface area contributed by atoms with Crippen molar-refractivity contribution < 1.29 is 23.7 Å². The van der Waals surface area contributed by atoms with Crippen LogP contribution in [0.5, 0.6) is 17.2 Å². The van der Waals surface area contributed by atoms with Crippen molar-refractivity contribution in [3.8, 4) is 17.2 Å². The van der Waals surface area contributed by atoms with Crippen molar-refractivity contribution >= 4 is 5.91 Å². The number of benzene rings is 2. The molecule has 4 rings (SSSR count). The van der Waals surface area contributed by atoms with Crippen LogP contribution in [0.25, 0.3) is 0 Å². The number of carbonyl (C=O) groups is 1. The van der Waals surface area contributed by atoms with Gasteiger partial charge >= 0.3 is 0 Å². The molecule has 2 aromatic rings. The van der Waals surface area contributed by atoms with Crippen LogP contribution >= 0.6 is 0 Å². The van der Waals surface area contributed by atoms with Crippen molar-refractivity contribution in [2.24, 2.45) is 0 Å². The summed E-state index contributed by atoms with van der Waals surface area (Å²) in [4.78, 5) is 14.9. The first-order valence-electron chi connectivity index (χ1n) is 9.38. The molecule has 0 aromatic heterocycles. The number of nitrogens with one attached hydrogen (secondary N) is 1. The van der Waals surface area contributed by atoms with Gasteiger partial charge in [-0.1, -0.05) is 6.07 Å². The van der Waals surface area contributed by atoms with E-state index >= 15 is 0 Å². The third kappa shape index (κ3) is 4.05. The average molecular weight is 384 g/mol. The predicted octanol–water partition coefficient (Wildman–Crippen LogP) is 2.23. The SMILES string of the molecule is COc1ccc(C(=O)NC[C@@H](c2ccc3c(c2)OCO3)N2CCOCC2)cc1. The Morgan fingerprint density at radius 3 is 2.61 bits per heavy atom. The number of ether oxygens (including phenoxy) is 4. The van der Waals surface area contributed by atoms with Crippen molar-refractivity contribution in [3.05, 3.63) is 53.6 Å². The van der Waals surface area contributed by atoms with Crippen LogP contribution in [0.3, 0.4) is 0 Å². The zero-order valence-electron chi connectivity index (χ0n) is 15.8. The van der Waals surface area contributed by atoms with Gasteiger partial charge in [-0.25, -0.2) is 0 Å². The van der Waals surface area contributed by atoms with Gasteiger partial charge in [0.1, 0.15) is 5.75 Å². The van der Waals surface area contributed by atoms with Crippen LogP contribution in [-0.4, -0.2) is 57.6 Å². The predicted molar refractivity (Wildman–Crippen MR) is 103 cm³/mol. The number of hydrogen-bond acceptors (Lipinski definition) is 6. The lowest BCUT2D eigenvalue weighted by atomic mass is 10.0. The fourth-order valence-electron chi connectivity index (χ4n) is 3.50. The van der Waals surface area contributed by atoms with E-state index in [-0.39, 0.29) is 18.7 Å². The van der Waals surface area contributed by atoms with Crippen LogP contribution in [-0.2, 0) is 4.74 Å². The van der Waals surface area contributed by atoms with E-state index in [1.165, 1.54) is 0 Å². The molecule has 1 saturated heterocycles. The minimum Gasteiger partial charge on any atom is -0.497 e. The summed E-state index contributed by atoms with van der Waals surface area (Å²) in [5.41, 5.74) is 1.69. The normalized spacial score (nSPS) is 17.2. The number of rotatable bonds is 6. The van der Waals surface area contributed by atoms with Crippen LogP contribution in [0.15, 0.2) is 42.5 Å². The smallest absolute Gasteiger partial charge is 0.251 e. The fraction of sp³-hybridized carbons (Fsp3) is 0.381. The molecule has 0 radical (unpaired) electrons. The van der Waals surface area contributed by atoms with Gasteiger partial charge in [0, 0.05) is 25.2 Å². The van der Waals surface area contributed by atoms with Gasteiger partial charge in [0.05, 0.1) is 26.4 Å². The van der Waals surface area contributed by atoms with Gasteiger partial charge in [-0.3, -0.25) is 9.69 Å². The van der Waals surface area contributed by atoms with Crippen molar-refractivity contribution in [1.29, 1.82) is 0 Å². The van der Waals surface area contributed by atoms with Crippen molar-refractivity contribution in [2.75, 3.05) is 46.8 Å². The second-order valence-electron chi connectivity index (χ2n) is 6.72. The summed E-state index contributed by atoms with van der Waals surface area (Å²) in [7, 11) is 1.60. The number of nitrogens with zero attached hydrogens (tertiary/aromatic N) is 1. The highest BCUT2D eigenvalue weighted by atomic mass is 16.7. The molecule has 1 atom stereocenters. The topological polar surface area (TPSA) is 69.3 Å². The summed E-state index contributed by atoms with van der Waals surface area (Å²) in [6.45, 7) is 3.75. The molecule has 0 unspecified atom stereocenters. The summed E-state index contributed by atoms with van der Waals surface area (Å²) in [5.74, 6) is 2.12. The van der Waals surface area contributed by atoms with Crippen LogP contribution in [0.4, 0.5) is 0 Å². The number of methoxy groups -OCH3 is 1. The summed E-state index contributed by atoms with van der Waals surface area (Å²) >= 11 is 0. The quantitative estimate of drug-likeness (QED) is 0.824. The molecule has 2 aromatic carbocycles. The van der Waals surface area contributed by atoms with Gasteiger partial charge in [0.15, 0.2) is 11.5 Å². The maximum atomic E-state index is 12.6. The highest BCUT2D eigenvalue weighted by Crippen LogP contribution is 2.35. The van der Waals surface area contributed by atoms with Gasteiger partial charge in [0.25, 0.3) is 5.91 Å². The van der Waals surface area contributed by atoms with Gasteiger partial charge in [-0.15, -0.1) is 0 Å². The van der Waals surface area contributed by atoms with Crippen molar-refractivity contribution in [1.82, 2.24) is 10.2 Å². The Morgan fingerprint density at radius 2 is 1.86 bits per heavy atom. The van der Waals surface area contributed by atoms with Gasteiger partial charge in [-0.2, -0.15) is 0 Å². The molecule has 2 aliphatic heterocycles. The Morgan fingerprint density at radius 1 is 1.11 bits per heavy atom. The Labute approximate surface area is 164 Å². The zero-order chi connectivity index (χ0) is 19.3. The molecule has 1 fully saturated rings. The Balaban J connectivity index is 1.49. The van der Waals surface area contributed by atoms with E-state index < -0.39 is 0 Å². The zero-order valence-corrected chi connectivity index (χ0v) is 15.8. The molecule has 1 N–H and O–H groups in total. The molecule has 7 nitrogen and oxygen atoms in total. The monoisotopic (exact) mass is 384 g/mol. The molecule has 148 valence electrons. The molecule has 7 heteroatoms. The highest BCUT2D eigenvalue weighted by molar-refractivity contribution is 5.94. The van der Waals surface area contributed by atoms with Crippen LogP contribution in [0.1, 0.15) is 22.0 Å². The molecular formula is C21H24N2O5. The maximum absolute atomic E-state index is 12.6. The summed E-state index contributed by atoms with van der Waals surface area (Å²) < 4.78 is 21.6. The number of amides is 1. The van der Waals surface area contributed by atoms with Crippen LogP contribution in [0.2, 0.25) is 0 Å². The first-order valence-corrected chi connectivity index (χ1v) is 9.38. The number of fused-ring (bicyclic) bond motifs is 1. The minimum atomic E-state index is -0.110. The lowest BCUT2D eigenvalue weighted by Gasteiger charge is -2.35. The highest BCUT2D eigenvalue weighted by Gasteiger charge is 2.25. The molecule has 0 bridgehead atoms. The molecular weight excluding hydrogens is 360 g/mol. The second kappa shape index (κ2) is 8.50. The van der Waals surface area contributed by atoms with Crippen molar-refractivity contribution in [3.63, 3.8) is 0 Å². The molecule has 28 heavy (non-hydrogen) atoms. The fourth-order valence-corrected chi connectivity index (χ4v) is 3.50. The number of hydrogen-bond donors (Lipinski definition) is 1.